The number of anilines is 1. The summed E-state index contributed by atoms with van der Waals surface area (Å²) in [7, 11) is 0. The van der Waals surface area contributed by atoms with Gasteiger partial charge in [0.2, 0.25) is 0 Å². The predicted molar refractivity (Wildman–Crippen MR) is 83.3 cm³/mol. The smallest absolute Gasteiger partial charge is 0.367 e. The molecule has 21 heavy (non-hydrogen) atoms. The van der Waals surface area contributed by atoms with Crippen LogP contribution in [0.1, 0.15) is 53.0 Å². The summed E-state index contributed by atoms with van der Waals surface area (Å²) in [6, 6.07) is 2.50. The summed E-state index contributed by atoms with van der Waals surface area (Å²) in [6.07, 6.45) is -1.90. The Balaban J connectivity index is 0. The van der Waals surface area contributed by atoms with Crippen LogP contribution in [0.3, 0.4) is 0 Å². The maximum Gasteiger partial charge on any atom is 0.417 e. The van der Waals surface area contributed by atoms with Crippen molar-refractivity contribution in [3.63, 3.8) is 0 Å². The zero-order valence-electron chi connectivity index (χ0n) is 13.6. The van der Waals surface area contributed by atoms with Gasteiger partial charge in [0.1, 0.15) is 5.82 Å². The minimum atomic E-state index is -4.34. The van der Waals surface area contributed by atoms with Crippen molar-refractivity contribution in [3.8, 4) is 0 Å². The molecule has 0 aliphatic carbocycles. The molecule has 0 aromatic carbocycles. The van der Waals surface area contributed by atoms with E-state index in [0.717, 1.165) is 25.1 Å². The van der Waals surface area contributed by atoms with Gasteiger partial charge in [-0.1, -0.05) is 34.6 Å². The number of rotatable bonds is 5. The number of nitrogens with one attached hydrogen (secondary N) is 1. The molecule has 0 bridgehead atoms. The first-order chi connectivity index (χ1) is 9.97. The van der Waals surface area contributed by atoms with E-state index in [1.165, 1.54) is 6.07 Å². The Morgan fingerprint density at radius 1 is 1.19 bits per heavy atom. The van der Waals surface area contributed by atoms with Crippen LogP contribution in [0.15, 0.2) is 18.3 Å². The minimum Gasteiger partial charge on any atom is -0.367 e. The van der Waals surface area contributed by atoms with Crippen LogP contribution in [0.4, 0.5) is 19.0 Å². The number of hydrogen-bond donors (Lipinski definition) is 2. The molecular formula is C15H28F3N3. The van der Waals surface area contributed by atoms with E-state index in [1.54, 1.807) is 0 Å². The van der Waals surface area contributed by atoms with Gasteiger partial charge in [0.25, 0.3) is 0 Å². The quantitative estimate of drug-likeness (QED) is 0.829. The summed E-state index contributed by atoms with van der Waals surface area (Å²) in [5.41, 5.74) is 4.69. The Kier molecular flexibility index (Phi) is 13.0. The number of nitrogens with two attached hydrogens (primary N) is 1. The van der Waals surface area contributed by atoms with Crippen LogP contribution in [0.25, 0.3) is 0 Å². The average molecular weight is 307 g/mol. The van der Waals surface area contributed by atoms with Gasteiger partial charge in [-0.05, 0) is 31.5 Å². The van der Waals surface area contributed by atoms with Crippen molar-refractivity contribution in [1.29, 1.82) is 0 Å². The van der Waals surface area contributed by atoms with E-state index in [1.807, 2.05) is 34.6 Å². The van der Waals surface area contributed by atoms with Crippen molar-refractivity contribution in [2.24, 2.45) is 5.73 Å². The molecule has 1 unspecified atom stereocenters. The molecule has 124 valence electrons. The third-order valence-electron chi connectivity index (χ3n) is 2.45. The van der Waals surface area contributed by atoms with Crippen molar-refractivity contribution in [3.05, 3.63) is 23.9 Å². The van der Waals surface area contributed by atoms with Gasteiger partial charge in [-0.25, -0.2) is 4.98 Å². The zero-order chi connectivity index (χ0) is 16.9. The van der Waals surface area contributed by atoms with E-state index in [9.17, 15) is 13.2 Å². The second-order valence-corrected chi connectivity index (χ2v) is 3.76. The van der Waals surface area contributed by atoms with E-state index in [4.69, 9.17) is 5.73 Å². The lowest BCUT2D eigenvalue weighted by molar-refractivity contribution is -0.137. The molecule has 6 heteroatoms. The molecule has 0 spiro atoms. The van der Waals surface area contributed by atoms with Crippen LogP contribution in [0.5, 0.6) is 0 Å². The highest BCUT2D eigenvalue weighted by Gasteiger charge is 2.30. The molecule has 1 rings (SSSR count). The molecular weight excluding hydrogens is 279 g/mol. The summed E-state index contributed by atoms with van der Waals surface area (Å²) in [4.78, 5) is 3.74. The molecule has 0 fully saturated rings. The van der Waals surface area contributed by atoms with Crippen LogP contribution in [-0.2, 0) is 6.18 Å². The van der Waals surface area contributed by atoms with Crippen molar-refractivity contribution in [2.75, 3.05) is 11.9 Å². The minimum absolute atomic E-state index is 0.143. The molecule has 3 nitrogen and oxygen atoms in total. The van der Waals surface area contributed by atoms with Gasteiger partial charge in [0, 0.05) is 12.2 Å². The van der Waals surface area contributed by atoms with Crippen LogP contribution in [0, 0.1) is 0 Å². The fraction of sp³-hybridized carbons (Fsp3) is 0.667. The number of pyridine rings is 1. The average Bonchev–Trinajstić information content (AvgIpc) is 2.50. The van der Waals surface area contributed by atoms with Crippen molar-refractivity contribution in [2.45, 2.75) is 59.7 Å². The van der Waals surface area contributed by atoms with Gasteiger partial charge >= 0.3 is 6.18 Å². The summed E-state index contributed by atoms with van der Waals surface area (Å²) in [6.45, 7) is 10.5. The normalized spacial score (nSPS) is 11.5. The second kappa shape index (κ2) is 12.4. The standard InChI is InChI=1S/C11H16F3N3.2C2H6/c1-2-9(5-6-15)17-10-4-3-8(7-16-10)11(12,13)14;2*1-2/h3-4,7,9H,2,5-6,15H2,1H3,(H,16,17);2*1-2H3. The summed E-state index contributed by atoms with van der Waals surface area (Å²) in [5, 5.41) is 3.05. The Morgan fingerprint density at radius 2 is 1.76 bits per heavy atom. The molecule has 0 radical (unpaired) electrons. The SMILES string of the molecule is CC.CC.CCC(CCN)Nc1ccc(C(F)(F)F)cn1. The van der Waals surface area contributed by atoms with Gasteiger partial charge in [-0.2, -0.15) is 13.2 Å². The van der Waals surface area contributed by atoms with Crippen LogP contribution >= 0.6 is 0 Å². The van der Waals surface area contributed by atoms with Crippen molar-refractivity contribution < 1.29 is 13.2 Å². The fourth-order valence-electron chi connectivity index (χ4n) is 1.44. The number of alkyl halides is 3. The lowest BCUT2D eigenvalue weighted by Crippen LogP contribution is -2.22. The highest BCUT2D eigenvalue weighted by molar-refractivity contribution is 5.37. The summed E-state index contributed by atoms with van der Waals surface area (Å²) < 4.78 is 36.9. The number of halogens is 3. The maximum absolute atomic E-state index is 12.3. The molecule has 0 aliphatic heterocycles. The van der Waals surface area contributed by atoms with E-state index < -0.39 is 11.7 Å². The highest BCUT2D eigenvalue weighted by Crippen LogP contribution is 2.28. The number of aromatic nitrogens is 1. The van der Waals surface area contributed by atoms with Gasteiger partial charge in [0.15, 0.2) is 0 Å². The monoisotopic (exact) mass is 307 g/mol. The maximum atomic E-state index is 12.3. The summed E-state index contributed by atoms with van der Waals surface area (Å²) in [5.74, 6) is 0.443. The van der Waals surface area contributed by atoms with E-state index in [2.05, 4.69) is 10.3 Å². The Bertz CT molecular complexity index is 337. The molecule has 1 atom stereocenters. The van der Waals surface area contributed by atoms with E-state index in [-0.39, 0.29) is 6.04 Å². The van der Waals surface area contributed by atoms with Crippen LogP contribution < -0.4 is 11.1 Å². The molecule has 0 saturated carbocycles. The lowest BCUT2D eigenvalue weighted by atomic mass is 10.1. The van der Waals surface area contributed by atoms with Crippen LogP contribution in [-0.4, -0.2) is 17.6 Å². The van der Waals surface area contributed by atoms with Gasteiger partial charge in [0.05, 0.1) is 5.56 Å². The molecule has 1 aromatic heterocycles. The molecule has 1 aromatic rings. The van der Waals surface area contributed by atoms with Crippen molar-refractivity contribution in [1.82, 2.24) is 4.98 Å². The lowest BCUT2D eigenvalue weighted by Gasteiger charge is -2.16. The molecule has 0 aliphatic rings. The first-order valence-corrected chi connectivity index (χ1v) is 7.47. The molecule has 0 amide bonds. The summed E-state index contributed by atoms with van der Waals surface area (Å²) >= 11 is 0. The first-order valence-electron chi connectivity index (χ1n) is 7.47. The van der Waals surface area contributed by atoms with Gasteiger partial charge < -0.3 is 11.1 Å². The first kappa shape index (κ1) is 22.0. The van der Waals surface area contributed by atoms with Gasteiger partial charge in [-0.15, -0.1) is 0 Å². The topological polar surface area (TPSA) is 50.9 Å². The van der Waals surface area contributed by atoms with E-state index in [0.29, 0.717) is 12.4 Å². The molecule has 3 N–H and O–H groups in total. The van der Waals surface area contributed by atoms with Crippen LogP contribution in [0.2, 0.25) is 0 Å². The third-order valence-corrected chi connectivity index (χ3v) is 2.45. The number of nitrogens with zero attached hydrogens (tertiary/aromatic N) is 1. The predicted octanol–water partition coefficient (Wildman–Crippen LogP) is 4.69. The Labute approximate surface area is 126 Å². The molecule has 0 saturated heterocycles. The molecule has 1 heterocycles. The third kappa shape index (κ3) is 9.28. The second-order valence-electron chi connectivity index (χ2n) is 3.76. The number of hydrogen-bond acceptors (Lipinski definition) is 3. The van der Waals surface area contributed by atoms with Crippen molar-refractivity contribution >= 4 is 5.82 Å². The Morgan fingerprint density at radius 3 is 2.10 bits per heavy atom. The van der Waals surface area contributed by atoms with Gasteiger partial charge in [-0.3, -0.25) is 0 Å². The highest BCUT2D eigenvalue weighted by atomic mass is 19.4. The largest absolute Gasteiger partial charge is 0.417 e. The zero-order valence-corrected chi connectivity index (χ0v) is 13.6. The van der Waals surface area contributed by atoms with E-state index >= 15 is 0 Å². The Hall–Kier alpha value is -1.30. The fourth-order valence-corrected chi connectivity index (χ4v) is 1.44.